The highest BCUT2D eigenvalue weighted by molar-refractivity contribution is 7.09. The van der Waals surface area contributed by atoms with Gasteiger partial charge in [-0.05, 0) is 19.3 Å². The Bertz CT molecular complexity index is 362. The Labute approximate surface area is 107 Å². The van der Waals surface area contributed by atoms with Crippen LogP contribution in [0.1, 0.15) is 31.0 Å². The summed E-state index contributed by atoms with van der Waals surface area (Å²) in [4.78, 5) is 16.2. The zero-order valence-electron chi connectivity index (χ0n) is 10.7. The minimum absolute atomic E-state index is 0.0341. The monoisotopic (exact) mass is 255 g/mol. The number of aryl methyl sites for hydroxylation is 1. The molecule has 0 spiro atoms. The molecule has 0 saturated carbocycles. The van der Waals surface area contributed by atoms with E-state index in [-0.39, 0.29) is 11.8 Å². The third kappa shape index (κ3) is 4.83. The van der Waals surface area contributed by atoms with Gasteiger partial charge in [-0.3, -0.25) is 4.79 Å². The molecule has 1 rings (SSSR count). The molecular formula is C12H21N3OS. The zero-order valence-corrected chi connectivity index (χ0v) is 11.5. The van der Waals surface area contributed by atoms with Crippen molar-refractivity contribution in [2.24, 2.45) is 17.6 Å². The average molecular weight is 255 g/mol. The molecule has 1 aromatic heterocycles. The smallest absolute Gasteiger partial charge is 0.224 e. The van der Waals surface area contributed by atoms with Crippen molar-refractivity contribution in [1.29, 1.82) is 0 Å². The van der Waals surface area contributed by atoms with Gasteiger partial charge < -0.3 is 11.1 Å². The van der Waals surface area contributed by atoms with E-state index >= 15 is 0 Å². The highest BCUT2D eigenvalue weighted by atomic mass is 32.1. The predicted molar refractivity (Wildman–Crippen MR) is 70.7 cm³/mol. The van der Waals surface area contributed by atoms with Crippen LogP contribution in [0.3, 0.4) is 0 Å². The number of rotatable bonds is 6. The number of aromatic nitrogens is 1. The molecule has 0 aliphatic carbocycles. The van der Waals surface area contributed by atoms with Gasteiger partial charge in [0.05, 0.1) is 23.2 Å². The molecule has 0 aromatic carbocycles. The van der Waals surface area contributed by atoms with Crippen LogP contribution in [0, 0.1) is 18.8 Å². The fraction of sp³-hybridized carbons (Fsp3) is 0.667. The molecule has 0 radical (unpaired) electrons. The molecule has 1 amide bonds. The van der Waals surface area contributed by atoms with Crippen LogP contribution in [0.5, 0.6) is 0 Å². The second-order valence-corrected chi connectivity index (χ2v) is 5.70. The Hall–Kier alpha value is -0.940. The van der Waals surface area contributed by atoms with Crippen molar-refractivity contribution in [3.63, 3.8) is 0 Å². The number of hydrogen-bond acceptors (Lipinski definition) is 4. The van der Waals surface area contributed by atoms with Gasteiger partial charge in [-0.1, -0.05) is 13.8 Å². The van der Waals surface area contributed by atoms with E-state index in [1.165, 1.54) is 0 Å². The maximum Gasteiger partial charge on any atom is 0.224 e. The second kappa shape index (κ2) is 6.71. The number of thiazole rings is 1. The lowest BCUT2D eigenvalue weighted by atomic mass is 9.96. The molecule has 1 atom stereocenters. The van der Waals surface area contributed by atoms with Crippen LogP contribution >= 0.6 is 11.3 Å². The molecule has 5 heteroatoms. The van der Waals surface area contributed by atoms with Gasteiger partial charge in [0.25, 0.3) is 0 Å². The van der Waals surface area contributed by atoms with Crippen molar-refractivity contribution in [1.82, 2.24) is 10.3 Å². The SMILES string of the molecule is Cc1nc(CNC(=O)C(CN)CC(C)C)cs1. The molecule has 17 heavy (non-hydrogen) atoms. The predicted octanol–water partition coefficient (Wildman–Crippen LogP) is 1.69. The molecule has 4 nitrogen and oxygen atoms in total. The van der Waals surface area contributed by atoms with E-state index < -0.39 is 0 Å². The Morgan fingerprint density at radius 1 is 1.59 bits per heavy atom. The van der Waals surface area contributed by atoms with Gasteiger partial charge >= 0.3 is 0 Å². The van der Waals surface area contributed by atoms with Gasteiger partial charge in [0.2, 0.25) is 5.91 Å². The lowest BCUT2D eigenvalue weighted by Gasteiger charge is -2.16. The summed E-state index contributed by atoms with van der Waals surface area (Å²) < 4.78 is 0. The summed E-state index contributed by atoms with van der Waals surface area (Å²) in [7, 11) is 0. The van der Waals surface area contributed by atoms with Crippen LogP contribution in [0.25, 0.3) is 0 Å². The first-order valence-electron chi connectivity index (χ1n) is 5.91. The molecule has 0 fully saturated rings. The average Bonchev–Trinajstić information content (AvgIpc) is 2.68. The Kier molecular flexibility index (Phi) is 5.58. The molecule has 0 aliphatic heterocycles. The molecule has 0 bridgehead atoms. The molecule has 0 aliphatic rings. The van der Waals surface area contributed by atoms with Gasteiger partial charge in [0.1, 0.15) is 0 Å². The van der Waals surface area contributed by atoms with Gasteiger partial charge in [-0.25, -0.2) is 4.98 Å². The summed E-state index contributed by atoms with van der Waals surface area (Å²) >= 11 is 1.59. The van der Waals surface area contributed by atoms with Gasteiger partial charge in [-0.2, -0.15) is 0 Å². The zero-order chi connectivity index (χ0) is 12.8. The Balaban J connectivity index is 2.42. The van der Waals surface area contributed by atoms with Crippen molar-refractivity contribution >= 4 is 17.2 Å². The van der Waals surface area contributed by atoms with E-state index in [0.717, 1.165) is 17.1 Å². The minimum atomic E-state index is -0.0882. The van der Waals surface area contributed by atoms with E-state index in [1.807, 2.05) is 12.3 Å². The number of nitrogens with zero attached hydrogens (tertiary/aromatic N) is 1. The quantitative estimate of drug-likeness (QED) is 0.813. The lowest BCUT2D eigenvalue weighted by molar-refractivity contribution is -0.125. The van der Waals surface area contributed by atoms with Crippen LogP contribution in [0.4, 0.5) is 0 Å². The summed E-state index contributed by atoms with van der Waals surface area (Å²) in [5.74, 6) is 0.428. The van der Waals surface area contributed by atoms with Crippen LogP contribution in [-0.4, -0.2) is 17.4 Å². The molecular weight excluding hydrogens is 234 g/mol. The van der Waals surface area contributed by atoms with Crippen molar-refractivity contribution in [2.45, 2.75) is 33.7 Å². The Morgan fingerprint density at radius 3 is 2.76 bits per heavy atom. The first-order valence-corrected chi connectivity index (χ1v) is 6.79. The first-order chi connectivity index (χ1) is 8.02. The summed E-state index contributed by atoms with van der Waals surface area (Å²) in [6.07, 6.45) is 0.832. The highest BCUT2D eigenvalue weighted by Crippen LogP contribution is 2.11. The van der Waals surface area contributed by atoms with Gasteiger partial charge in [0, 0.05) is 11.9 Å². The second-order valence-electron chi connectivity index (χ2n) is 4.64. The van der Waals surface area contributed by atoms with Crippen molar-refractivity contribution < 1.29 is 4.79 Å². The van der Waals surface area contributed by atoms with Gasteiger partial charge in [0.15, 0.2) is 0 Å². The standard InChI is InChI=1S/C12H21N3OS/c1-8(2)4-10(5-13)12(16)14-6-11-7-17-9(3)15-11/h7-8,10H,4-6,13H2,1-3H3,(H,14,16). The van der Waals surface area contributed by atoms with E-state index in [1.54, 1.807) is 11.3 Å². The number of nitrogens with one attached hydrogen (secondary N) is 1. The number of carbonyl (C=O) groups excluding carboxylic acids is 1. The molecule has 0 saturated heterocycles. The van der Waals surface area contributed by atoms with Crippen LogP contribution in [0.15, 0.2) is 5.38 Å². The molecule has 1 unspecified atom stereocenters. The highest BCUT2D eigenvalue weighted by Gasteiger charge is 2.17. The lowest BCUT2D eigenvalue weighted by Crippen LogP contribution is -2.35. The van der Waals surface area contributed by atoms with Gasteiger partial charge in [-0.15, -0.1) is 11.3 Å². The molecule has 96 valence electrons. The topological polar surface area (TPSA) is 68.0 Å². The van der Waals surface area contributed by atoms with E-state index in [4.69, 9.17) is 5.73 Å². The van der Waals surface area contributed by atoms with E-state index in [2.05, 4.69) is 24.1 Å². The number of amides is 1. The number of carbonyl (C=O) groups is 1. The summed E-state index contributed by atoms with van der Waals surface area (Å²) in [6.45, 7) is 7.05. The van der Waals surface area contributed by atoms with Crippen molar-refractivity contribution in [3.05, 3.63) is 16.1 Å². The van der Waals surface area contributed by atoms with Crippen LogP contribution in [0.2, 0.25) is 0 Å². The summed E-state index contributed by atoms with van der Waals surface area (Å²) in [5, 5.41) is 5.88. The van der Waals surface area contributed by atoms with Crippen molar-refractivity contribution in [3.8, 4) is 0 Å². The Morgan fingerprint density at radius 2 is 2.29 bits per heavy atom. The van der Waals surface area contributed by atoms with Crippen LogP contribution in [-0.2, 0) is 11.3 Å². The summed E-state index contributed by atoms with van der Waals surface area (Å²) in [6, 6.07) is 0. The first kappa shape index (κ1) is 14.1. The normalized spacial score (nSPS) is 12.8. The van der Waals surface area contributed by atoms with E-state index in [0.29, 0.717) is 19.0 Å². The minimum Gasteiger partial charge on any atom is -0.350 e. The molecule has 1 aromatic rings. The largest absolute Gasteiger partial charge is 0.350 e. The molecule has 1 heterocycles. The molecule has 3 N–H and O–H groups in total. The maximum atomic E-state index is 11.9. The summed E-state index contributed by atoms with van der Waals surface area (Å²) in [5.41, 5.74) is 6.54. The van der Waals surface area contributed by atoms with Crippen molar-refractivity contribution in [2.75, 3.05) is 6.54 Å². The fourth-order valence-corrected chi connectivity index (χ4v) is 2.30. The fourth-order valence-electron chi connectivity index (χ4n) is 1.69. The number of hydrogen-bond donors (Lipinski definition) is 2. The third-order valence-corrected chi connectivity index (χ3v) is 3.34. The van der Waals surface area contributed by atoms with E-state index in [9.17, 15) is 4.79 Å². The van der Waals surface area contributed by atoms with Crippen LogP contribution < -0.4 is 11.1 Å². The number of nitrogens with two attached hydrogens (primary N) is 1. The third-order valence-electron chi connectivity index (χ3n) is 2.52. The maximum absolute atomic E-state index is 11.9.